The van der Waals surface area contributed by atoms with E-state index in [1.165, 1.54) is 0 Å². The number of ketones is 1. The molecule has 0 heterocycles. The lowest BCUT2D eigenvalue weighted by Gasteiger charge is -2.15. The third kappa shape index (κ3) is 5.26. The summed E-state index contributed by atoms with van der Waals surface area (Å²) in [4.78, 5) is 35.7. The van der Waals surface area contributed by atoms with Crippen molar-refractivity contribution in [3.8, 4) is 0 Å². The van der Waals surface area contributed by atoms with Gasteiger partial charge >= 0.3 is 11.9 Å². The number of ether oxygens (including phenoxy) is 1. The molecule has 2 aromatic rings. The Morgan fingerprint density at radius 2 is 1.52 bits per heavy atom. The maximum absolute atomic E-state index is 12.2. The minimum absolute atomic E-state index is 0.0532. The number of carboxylic acids is 1. The van der Waals surface area contributed by atoms with Crippen molar-refractivity contribution >= 4 is 17.7 Å². The number of rotatable bonds is 8. The molecule has 0 aliphatic rings. The summed E-state index contributed by atoms with van der Waals surface area (Å²) in [5, 5.41) is 9.25. The lowest BCUT2D eigenvalue weighted by molar-refractivity contribution is -0.161. The van der Waals surface area contributed by atoms with Crippen molar-refractivity contribution in [2.75, 3.05) is 0 Å². The van der Waals surface area contributed by atoms with Crippen LogP contribution in [0.1, 0.15) is 23.6 Å². The highest BCUT2D eigenvalue weighted by molar-refractivity contribution is 5.99. The fourth-order valence-electron chi connectivity index (χ4n) is 2.28. The average Bonchev–Trinajstić information content (AvgIpc) is 2.64. The van der Waals surface area contributed by atoms with Gasteiger partial charge in [0, 0.05) is 6.42 Å². The van der Waals surface area contributed by atoms with E-state index in [4.69, 9.17) is 10.5 Å². The number of hydrogen-bond acceptors (Lipinski definition) is 5. The molecular formula is C19H19NO5. The number of carbonyl (C=O) groups is 3. The zero-order valence-corrected chi connectivity index (χ0v) is 13.5. The van der Waals surface area contributed by atoms with Gasteiger partial charge in [0.1, 0.15) is 6.61 Å². The van der Waals surface area contributed by atoms with Gasteiger partial charge in [-0.3, -0.25) is 14.4 Å². The van der Waals surface area contributed by atoms with Gasteiger partial charge in [0.15, 0.2) is 11.7 Å². The van der Waals surface area contributed by atoms with Crippen molar-refractivity contribution in [2.24, 2.45) is 11.7 Å². The van der Waals surface area contributed by atoms with Crippen LogP contribution in [0.4, 0.5) is 0 Å². The number of hydrogen-bond donors (Lipinski definition) is 2. The van der Waals surface area contributed by atoms with E-state index in [2.05, 4.69) is 0 Å². The monoisotopic (exact) mass is 341 g/mol. The van der Waals surface area contributed by atoms with Crippen molar-refractivity contribution in [2.45, 2.75) is 19.1 Å². The van der Waals surface area contributed by atoms with Gasteiger partial charge in [0.05, 0.1) is 6.04 Å². The maximum Gasteiger partial charge on any atom is 0.321 e. The van der Waals surface area contributed by atoms with E-state index in [-0.39, 0.29) is 6.61 Å². The maximum atomic E-state index is 12.2. The first kappa shape index (κ1) is 18.4. The molecule has 0 aliphatic carbocycles. The molecule has 0 aliphatic heterocycles. The lowest BCUT2D eigenvalue weighted by Crippen LogP contribution is -2.32. The third-order valence-electron chi connectivity index (χ3n) is 3.72. The van der Waals surface area contributed by atoms with Crippen LogP contribution in [0.25, 0.3) is 0 Å². The number of Topliss-reactive ketones (excluding diaryl/α,β-unsaturated/α-hetero) is 1. The van der Waals surface area contributed by atoms with Gasteiger partial charge in [-0.05, 0) is 11.1 Å². The van der Waals surface area contributed by atoms with Crippen LogP contribution in [0.5, 0.6) is 0 Å². The third-order valence-corrected chi connectivity index (χ3v) is 3.72. The van der Waals surface area contributed by atoms with Crippen LogP contribution in [-0.4, -0.2) is 22.8 Å². The van der Waals surface area contributed by atoms with Crippen molar-refractivity contribution in [1.29, 1.82) is 0 Å². The smallest absolute Gasteiger partial charge is 0.321 e. The highest BCUT2D eigenvalue weighted by Gasteiger charge is 2.32. The van der Waals surface area contributed by atoms with Crippen LogP contribution in [0, 0.1) is 5.92 Å². The first-order valence-electron chi connectivity index (χ1n) is 7.75. The Balaban J connectivity index is 1.98. The molecule has 0 spiro atoms. The molecule has 3 N–H and O–H groups in total. The summed E-state index contributed by atoms with van der Waals surface area (Å²) in [6, 6.07) is 16.5. The van der Waals surface area contributed by atoms with Gasteiger partial charge < -0.3 is 15.6 Å². The van der Waals surface area contributed by atoms with Gasteiger partial charge in [-0.2, -0.15) is 0 Å². The quantitative estimate of drug-likeness (QED) is 0.562. The minimum Gasteiger partial charge on any atom is -0.481 e. The Hall–Kier alpha value is -2.99. The molecule has 0 saturated heterocycles. The molecule has 2 atom stereocenters. The van der Waals surface area contributed by atoms with E-state index in [0.29, 0.717) is 5.56 Å². The number of nitrogens with two attached hydrogens (primary N) is 1. The summed E-state index contributed by atoms with van der Waals surface area (Å²) in [5.74, 6) is -4.47. The molecule has 0 saturated carbocycles. The van der Waals surface area contributed by atoms with Crippen molar-refractivity contribution < 1.29 is 24.2 Å². The van der Waals surface area contributed by atoms with Gasteiger partial charge in [-0.1, -0.05) is 60.7 Å². The highest BCUT2D eigenvalue weighted by atomic mass is 16.5. The number of carboxylic acid groups (broad SMARTS) is 1. The Bertz CT molecular complexity index is 730. The molecule has 6 nitrogen and oxygen atoms in total. The van der Waals surface area contributed by atoms with Gasteiger partial charge in [-0.25, -0.2) is 0 Å². The lowest BCUT2D eigenvalue weighted by atomic mass is 9.95. The standard InChI is InChI=1S/C19H19NO5/c20-17(14-9-5-2-6-10-14)16(21)11-15(18(22)23)19(24)25-12-13-7-3-1-4-8-13/h1-10,15,17H,11-12,20H2,(H,22,23). The molecular weight excluding hydrogens is 322 g/mol. The van der Waals surface area contributed by atoms with Crippen LogP contribution in [0.15, 0.2) is 60.7 Å². The summed E-state index contributed by atoms with van der Waals surface area (Å²) in [7, 11) is 0. The molecule has 0 fully saturated rings. The number of benzene rings is 2. The number of carbonyl (C=O) groups excluding carboxylic acids is 2. The number of aliphatic carboxylic acids is 1. The summed E-state index contributed by atoms with van der Waals surface area (Å²) in [6.07, 6.45) is -0.515. The van der Waals surface area contributed by atoms with Gasteiger partial charge in [0.25, 0.3) is 0 Å². The van der Waals surface area contributed by atoms with Crippen LogP contribution >= 0.6 is 0 Å². The molecule has 130 valence electrons. The Morgan fingerprint density at radius 1 is 0.960 bits per heavy atom. The molecule has 25 heavy (non-hydrogen) atoms. The van der Waals surface area contributed by atoms with Crippen molar-refractivity contribution in [3.05, 3.63) is 71.8 Å². The van der Waals surface area contributed by atoms with Crippen molar-refractivity contribution in [3.63, 3.8) is 0 Å². The molecule has 0 bridgehead atoms. The molecule has 2 rings (SSSR count). The predicted octanol–water partition coefficient (Wildman–Crippen LogP) is 2.09. The Kier molecular flexibility index (Phi) is 6.42. The zero-order chi connectivity index (χ0) is 18.2. The SMILES string of the molecule is NC(C(=O)CC(C(=O)O)C(=O)OCc1ccccc1)c1ccccc1. The minimum atomic E-state index is -1.58. The summed E-state index contributed by atoms with van der Waals surface area (Å²) in [5.41, 5.74) is 7.15. The summed E-state index contributed by atoms with van der Waals surface area (Å²) in [6.45, 7) is -0.0532. The van der Waals surface area contributed by atoms with Crippen LogP contribution < -0.4 is 5.73 Å². The molecule has 0 amide bonds. The van der Waals surface area contributed by atoms with Gasteiger partial charge in [0.2, 0.25) is 0 Å². The second-order valence-electron chi connectivity index (χ2n) is 5.54. The van der Waals surface area contributed by atoms with E-state index in [0.717, 1.165) is 5.56 Å². The topological polar surface area (TPSA) is 107 Å². The second kappa shape index (κ2) is 8.75. The first-order chi connectivity index (χ1) is 12.0. The van der Waals surface area contributed by atoms with Crippen molar-refractivity contribution in [1.82, 2.24) is 0 Å². The first-order valence-corrected chi connectivity index (χ1v) is 7.75. The van der Waals surface area contributed by atoms with Crippen LogP contribution in [-0.2, 0) is 25.7 Å². The van der Waals surface area contributed by atoms with E-state index in [1.54, 1.807) is 54.6 Å². The molecule has 2 aromatic carbocycles. The fourth-order valence-corrected chi connectivity index (χ4v) is 2.28. The molecule has 6 heteroatoms. The Labute approximate surface area is 145 Å². The predicted molar refractivity (Wildman–Crippen MR) is 90.4 cm³/mol. The van der Waals surface area contributed by atoms with Crippen LogP contribution in [0.3, 0.4) is 0 Å². The zero-order valence-electron chi connectivity index (χ0n) is 13.5. The van der Waals surface area contributed by atoms with Gasteiger partial charge in [-0.15, -0.1) is 0 Å². The summed E-state index contributed by atoms with van der Waals surface area (Å²) >= 11 is 0. The van der Waals surface area contributed by atoms with E-state index in [9.17, 15) is 19.5 Å². The molecule has 0 radical (unpaired) electrons. The molecule has 0 aromatic heterocycles. The van der Waals surface area contributed by atoms with Crippen LogP contribution in [0.2, 0.25) is 0 Å². The van der Waals surface area contributed by atoms with E-state index in [1.807, 2.05) is 6.07 Å². The number of esters is 1. The fraction of sp³-hybridized carbons (Fsp3) is 0.211. The summed E-state index contributed by atoms with van der Waals surface area (Å²) < 4.78 is 5.03. The second-order valence-corrected chi connectivity index (χ2v) is 5.54. The van der Waals surface area contributed by atoms with E-state index >= 15 is 0 Å². The largest absolute Gasteiger partial charge is 0.481 e. The van der Waals surface area contributed by atoms with E-state index < -0.39 is 36.1 Å². The normalized spacial score (nSPS) is 12.8. The highest BCUT2D eigenvalue weighted by Crippen LogP contribution is 2.17. The Morgan fingerprint density at radius 3 is 2.08 bits per heavy atom. The molecule has 2 unspecified atom stereocenters. The average molecular weight is 341 g/mol.